The van der Waals surface area contributed by atoms with Crippen molar-refractivity contribution in [3.05, 3.63) is 65.2 Å². The highest BCUT2D eigenvalue weighted by molar-refractivity contribution is 7.90. The smallest absolute Gasteiger partial charge is 0.342 e. The quantitative estimate of drug-likeness (QED) is 0.338. The molecule has 0 saturated carbocycles. The Labute approximate surface area is 161 Å². The number of hydrogen-bond donors (Lipinski definition) is 0. The predicted octanol–water partition coefficient (Wildman–Crippen LogP) is 3.66. The second kappa shape index (κ2) is 8.12. The molecule has 2 aromatic carbocycles. The average Bonchev–Trinajstić information content (AvgIpc) is 2.97. The van der Waals surface area contributed by atoms with E-state index in [-0.39, 0.29) is 29.4 Å². The molecule has 3 rings (SSSR count). The van der Waals surface area contributed by atoms with Gasteiger partial charge in [-0.05, 0) is 48.9 Å². The molecule has 0 saturated heterocycles. The van der Waals surface area contributed by atoms with Crippen LogP contribution in [0.5, 0.6) is 0 Å². The van der Waals surface area contributed by atoms with Gasteiger partial charge in [0.15, 0.2) is 9.84 Å². The summed E-state index contributed by atoms with van der Waals surface area (Å²) in [7, 11) is -2.17. The summed E-state index contributed by atoms with van der Waals surface area (Å²) in [6, 6.07) is 9.48. The van der Waals surface area contributed by atoms with Gasteiger partial charge in [0.05, 0.1) is 17.3 Å². The predicted molar refractivity (Wildman–Crippen MR) is 100 cm³/mol. The van der Waals surface area contributed by atoms with Crippen LogP contribution in [0.3, 0.4) is 0 Å². The number of esters is 1. The highest BCUT2D eigenvalue weighted by atomic mass is 32.2. The number of furan rings is 1. The first-order valence-corrected chi connectivity index (χ1v) is 10.1. The van der Waals surface area contributed by atoms with Crippen LogP contribution in [-0.2, 0) is 25.1 Å². The Balaban J connectivity index is 1.92. The van der Waals surface area contributed by atoms with Crippen molar-refractivity contribution in [2.24, 2.45) is 0 Å². The minimum absolute atomic E-state index is 0.0246. The molecule has 0 aliphatic rings. The molecule has 28 heavy (non-hydrogen) atoms. The third-order valence-electron chi connectivity index (χ3n) is 4.18. The Bertz CT molecular complexity index is 1100. The number of carbonyl (C=O) groups is 1. The topological polar surface area (TPSA) is 82.8 Å². The standard InChI is InChI=1S/C20H19FO6S/c1-13-19(20(22)26-10-9-25-2)17-11-14(3-8-18(17)27-13)12-28(23,24)16-6-4-15(21)5-7-16/h3-8,11H,9-10,12H2,1-2H3. The second-order valence-electron chi connectivity index (χ2n) is 6.21. The van der Waals surface area contributed by atoms with Crippen molar-refractivity contribution in [1.29, 1.82) is 0 Å². The van der Waals surface area contributed by atoms with E-state index in [0.717, 1.165) is 12.1 Å². The van der Waals surface area contributed by atoms with E-state index in [2.05, 4.69) is 0 Å². The number of ether oxygens (including phenoxy) is 2. The monoisotopic (exact) mass is 406 g/mol. The van der Waals surface area contributed by atoms with Crippen LogP contribution in [0.4, 0.5) is 4.39 Å². The van der Waals surface area contributed by atoms with Crippen LogP contribution >= 0.6 is 0 Å². The number of sulfone groups is 1. The molecule has 0 fully saturated rings. The van der Waals surface area contributed by atoms with Gasteiger partial charge in [0.1, 0.15) is 29.3 Å². The Morgan fingerprint density at radius 1 is 1.11 bits per heavy atom. The zero-order chi connectivity index (χ0) is 20.3. The maximum atomic E-state index is 13.1. The molecule has 6 nitrogen and oxygen atoms in total. The van der Waals surface area contributed by atoms with E-state index in [9.17, 15) is 17.6 Å². The summed E-state index contributed by atoms with van der Waals surface area (Å²) in [6.45, 7) is 2.00. The van der Waals surface area contributed by atoms with E-state index in [4.69, 9.17) is 13.9 Å². The fourth-order valence-corrected chi connectivity index (χ4v) is 4.18. The Morgan fingerprint density at radius 2 is 1.82 bits per heavy atom. The molecule has 0 radical (unpaired) electrons. The minimum Gasteiger partial charge on any atom is -0.460 e. The minimum atomic E-state index is -3.67. The number of carbonyl (C=O) groups excluding carboxylic acids is 1. The van der Waals surface area contributed by atoms with Gasteiger partial charge in [-0.3, -0.25) is 0 Å². The van der Waals surface area contributed by atoms with Crippen molar-refractivity contribution in [3.8, 4) is 0 Å². The second-order valence-corrected chi connectivity index (χ2v) is 8.20. The lowest BCUT2D eigenvalue weighted by molar-refractivity contribution is 0.0388. The normalized spacial score (nSPS) is 11.7. The third kappa shape index (κ3) is 4.23. The maximum Gasteiger partial charge on any atom is 0.342 e. The van der Waals surface area contributed by atoms with Gasteiger partial charge in [-0.2, -0.15) is 0 Å². The van der Waals surface area contributed by atoms with Crippen molar-refractivity contribution < 1.29 is 31.5 Å². The molecule has 1 aromatic heterocycles. The zero-order valence-corrected chi connectivity index (χ0v) is 16.2. The first kappa shape index (κ1) is 20.0. The van der Waals surface area contributed by atoms with Crippen molar-refractivity contribution in [3.63, 3.8) is 0 Å². The molecule has 0 aliphatic heterocycles. The number of methoxy groups -OCH3 is 1. The number of benzene rings is 2. The average molecular weight is 406 g/mol. The number of halogens is 1. The van der Waals surface area contributed by atoms with Gasteiger partial charge in [0, 0.05) is 12.5 Å². The van der Waals surface area contributed by atoms with E-state index in [1.165, 1.54) is 19.2 Å². The maximum absolute atomic E-state index is 13.1. The molecule has 0 spiro atoms. The van der Waals surface area contributed by atoms with E-state index >= 15 is 0 Å². The number of hydrogen-bond acceptors (Lipinski definition) is 6. The van der Waals surface area contributed by atoms with Crippen LogP contribution < -0.4 is 0 Å². The Kier molecular flexibility index (Phi) is 5.81. The summed E-state index contributed by atoms with van der Waals surface area (Å²) in [5, 5.41) is 0.478. The van der Waals surface area contributed by atoms with Crippen LogP contribution in [0.1, 0.15) is 21.7 Å². The molecular formula is C20H19FO6S. The van der Waals surface area contributed by atoms with E-state index < -0.39 is 21.6 Å². The summed E-state index contributed by atoms with van der Waals surface area (Å²) < 4.78 is 53.9. The molecule has 148 valence electrons. The molecular weight excluding hydrogens is 387 g/mol. The van der Waals surface area contributed by atoms with Crippen LogP contribution in [-0.4, -0.2) is 34.7 Å². The van der Waals surface area contributed by atoms with Gasteiger partial charge < -0.3 is 13.9 Å². The van der Waals surface area contributed by atoms with Crippen molar-refractivity contribution in [2.45, 2.75) is 17.6 Å². The van der Waals surface area contributed by atoms with Crippen LogP contribution in [0, 0.1) is 12.7 Å². The lowest BCUT2D eigenvalue weighted by Gasteiger charge is -2.06. The van der Waals surface area contributed by atoms with Gasteiger partial charge in [-0.25, -0.2) is 17.6 Å². The van der Waals surface area contributed by atoms with Crippen molar-refractivity contribution in [1.82, 2.24) is 0 Å². The van der Waals surface area contributed by atoms with Gasteiger partial charge in [-0.1, -0.05) is 6.07 Å². The van der Waals surface area contributed by atoms with Gasteiger partial charge in [0.25, 0.3) is 0 Å². The first-order valence-electron chi connectivity index (χ1n) is 8.48. The molecule has 0 aliphatic carbocycles. The highest BCUT2D eigenvalue weighted by Crippen LogP contribution is 2.28. The molecule has 8 heteroatoms. The largest absolute Gasteiger partial charge is 0.460 e. The van der Waals surface area contributed by atoms with E-state index in [0.29, 0.717) is 22.3 Å². The fraction of sp³-hybridized carbons (Fsp3) is 0.250. The van der Waals surface area contributed by atoms with Crippen LogP contribution in [0.15, 0.2) is 51.8 Å². The van der Waals surface area contributed by atoms with E-state index in [1.54, 1.807) is 25.1 Å². The Morgan fingerprint density at radius 3 is 2.50 bits per heavy atom. The van der Waals surface area contributed by atoms with Gasteiger partial charge in [-0.15, -0.1) is 0 Å². The summed E-state index contributed by atoms with van der Waals surface area (Å²) in [6.07, 6.45) is 0. The highest BCUT2D eigenvalue weighted by Gasteiger charge is 2.21. The lowest BCUT2D eigenvalue weighted by Crippen LogP contribution is -2.10. The Hall–Kier alpha value is -2.71. The molecule has 0 atom stereocenters. The fourth-order valence-electron chi connectivity index (χ4n) is 2.85. The number of rotatable bonds is 7. The van der Waals surface area contributed by atoms with Crippen LogP contribution in [0.2, 0.25) is 0 Å². The van der Waals surface area contributed by atoms with Crippen LogP contribution in [0.25, 0.3) is 11.0 Å². The summed E-state index contributed by atoms with van der Waals surface area (Å²) >= 11 is 0. The molecule has 0 N–H and O–H groups in total. The lowest BCUT2D eigenvalue weighted by atomic mass is 10.1. The molecule has 0 amide bonds. The molecule has 1 heterocycles. The van der Waals surface area contributed by atoms with E-state index in [1.807, 2.05) is 0 Å². The van der Waals surface area contributed by atoms with Crippen molar-refractivity contribution >= 4 is 26.8 Å². The van der Waals surface area contributed by atoms with Gasteiger partial charge in [0.2, 0.25) is 0 Å². The SMILES string of the molecule is COCCOC(=O)c1c(C)oc2ccc(CS(=O)(=O)c3ccc(F)cc3)cc12. The first-order chi connectivity index (χ1) is 13.3. The molecule has 0 bridgehead atoms. The van der Waals surface area contributed by atoms with Crippen molar-refractivity contribution in [2.75, 3.05) is 20.3 Å². The molecule has 3 aromatic rings. The summed E-state index contributed by atoms with van der Waals surface area (Å²) in [5.41, 5.74) is 1.19. The van der Waals surface area contributed by atoms with Gasteiger partial charge >= 0.3 is 5.97 Å². The molecule has 0 unspecified atom stereocenters. The number of fused-ring (bicyclic) bond motifs is 1. The number of aryl methyl sites for hydroxylation is 1. The summed E-state index contributed by atoms with van der Waals surface area (Å²) in [4.78, 5) is 12.4. The third-order valence-corrected chi connectivity index (χ3v) is 5.89. The zero-order valence-electron chi connectivity index (χ0n) is 15.4. The summed E-state index contributed by atoms with van der Waals surface area (Å²) in [5.74, 6) is -0.981.